The highest BCUT2D eigenvalue weighted by Gasteiger charge is 2.30. The average Bonchev–Trinajstić information content (AvgIpc) is 3.20. The fourth-order valence-electron chi connectivity index (χ4n) is 5.94. The van der Waals surface area contributed by atoms with Gasteiger partial charge in [-0.05, 0) is 89.0 Å². The third-order valence-electron chi connectivity index (χ3n) is 8.93. The molecule has 0 unspecified atom stereocenters. The minimum atomic E-state index is -4.06. The van der Waals surface area contributed by atoms with Gasteiger partial charge in [0.2, 0.25) is 0 Å². The Kier molecular flexibility index (Phi) is 12.8. The van der Waals surface area contributed by atoms with Crippen LogP contribution in [0.2, 0.25) is 10.0 Å². The van der Waals surface area contributed by atoms with Crippen molar-refractivity contribution < 1.29 is 41.8 Å². The molecule has 1 fully saturated rings. The third-order valence-corrected chi connectivity index (χ3v) is 10.8. The van der Waals surface area contributed by atoms with Crippen LogP contribution in [-0.2, 0) is 42.2 Å². The van der Waals surface area contributed by atoms with E-state index >= 15 is 0 Å². The Bertz CT molecular complexity index is 2410. The highest BCUT2D eigenvalue weighted by Crippen LogP contribution is 2.29. The topological polar surface area (TPSA) is 169 Å². The maximum absolute atomic E-state index is 13.3. The summed E-state index contributed by atoms with van der Waals surface area (Å²) in [5.41, 5.74) is 3.33. The summed E-state index contributed by atoms with van der Waals surface area (Å²) in [5.74, 6) is -2.99. The number of ether oxygens (including phenoxy) is 3. The first-order valence-corrected chi connectivity index (χ1v) is 19.6. The van der Waals surface area contributed by atoms with Crippen LogP contribution in [0, 0.1) is 0 Å². The van der Waals surface area contributed by atoms with Gasteiger partial charge in [-0.15, -0.1) is 0 Å². The molecule has 0 atom stereocenters. The Morgan fingerprint density at radius 3 is 1.84 bits per heavy atom. The molecule has 1 heterocycles. The molecule has 5 aromatic rings. The molecular weight excluding hydrogens is 795 g/mol. The molecule has 0 bridgehead atoms. The van der Waals surface area contributed by atoms with Crippen molar-refractivity contribution in [1.29, 1.82) is 0 Å². The van der Waals surface area contributed by atoms with Crippen molar-refractivity contribution in [1.82, 2.24) is 10.2 Å². The molecular formula is C41H36Cl2N4O9S. The normalized spacial score (nSPS) is 12.8. The quantitative estimate of drug-likeness (QED) is 0.0874. The maximum Gasteiger partial charge on any atom is 0.340 e. The van der Waals surface area contributed by atoms with Crippen LogP contribution in [0.25, 0.3) is 11.1 Å². The lowest BCUT2D eigenvalue weighted by Gasteiger charge is -2.39. The van der Waals surface area contributed by atoms with Gasteiger partial charge in [-0.25, -0.2) is 18.0 Å². The highest BCUT2D eigenvalue weighted by molar-refractivity contribution is 7.92. The Morgan fingerprint density at radius 2 is 1.23 bits per heavy atom. The zero-order valence-corrected chi connectivity index (χ0v) is 32.9. The van der Waals surface area contributed by atoms with Crippen LogP contribution in [-0.4, -0.2) is 70.5 Å². The van der Waals surface area contributed by atoms with Crippen LogP contribution in [0.15, 0.2) is 114 Å². The van der Waals surface area contributed by atoms with E-state index in [-0.39, 0.29) is 40.0 Å². The molecule has 294 valence electrons. The van der Waals surface area contributed by atoms with Crippen LogP contribution >= 0.6 is 23.2 Å². The molecule has 0 aliphatic carbocycles. The first-order valence-electron chi connectivity index (χ1n) is 17.4. The number of likely N-dealkylation sites (tertiary alicyclic amines) is 1. The number of rotatable bonds is 13. The van der Waals surface area contributed by atoms with Crippen LogP contribution in [0.5, 0.6) is 5.75 Å². The molecule has 0 spiro atoms. The number of halogens is 2. The number of nitrogens with one attached hydrogen (secondary N) is 3. The van der Waals surface area contributed by atoms with E-state index in [1.807, 2.05) is 17.0 Å². The first-order chi connectivity index (χ1) is 27.3. The lowest BCUT2D eigenvalue weighted by molar-refractivity contribution is -0.136. The number of anilines is 2. The SMILES string of the molecule is COC(=O)c1cc(OC2CN(Cc3ccc(NS(=O)(=O)c4ccc(-c5ccc(Cl)cc5)cc4)c(C(=O)OC)c3)C2)ccc1NC(=O)C(=O)NCc1ccc(Cl)cc1. The summed E-state index contributed by atoms with van der Waals surface area (Å²) in [6.07, 6.45) is -0.258. The molecule has 13 nitrogen and oxygen atoms in total. The van der Waals surface area contributed by atoms with Gasteiger partial charge in [0.1, 0.15) is 11.9 Å². The smallest absolute Gasteiger partial charge is 0.340 e. The Labute approximate surface area is 338 Å². The Balaban J connectivity index is 1.05. The highest BCUT2D eigenvalue weighted by atomic mass is 35.5. The van der Waals surface area contributed by atoms with E-state index in [1.165, 1.54) is 44.6 Å². The number of carbonyl (C=O) groups is 4. The van der Waals surface area contributed by atoms with Gasteiger partial charge in [0.05, 0.1) is 41.6 Å². The minimum Gasteiger partial charge on any atom is -0.488 e. The van der Waals surface area contributed by atoms with Gasteiger partial charge in [-0.1, -0.05) is 65.7 Å². The van der Waals surface area contributed by atoms with E-state index in [0.29, 0.717) is 35.4 Å². The molecule has 1 saturated heterocycles. The zero-order valence-electron chi connectivity index (χ0n) is 30.6. The van der Waals surface area contributed by atoms with Crippen molar-refractivity contribution in [3.63, 3.8) is 0 Å². The number of carbonyl (C=O) groups excluding carboxylic acids is 4. The van der Waals surface area contributed by atoms with Gasteiger partial charge >= 0.3 is 23.8 Å². The van der Waals surface area contributed by atoms with E-state index in [0.717, 1.165) is 22.3 Å². The summed E-state index contributed by atoms with van der Waals surface area (Å²) in [6, 6.07) is 29.5. The van der Waals surface area contributed by atoms with E-state index in [1.54, 1.807) is 66.7 Å². The summed E-state index contributed by atoms with van der Waals surface area (Å²) in [7, 11) is -1.65. The van der Waals surface area contributed by atoms with E-state index in [4.69, 9.17) is 37.4 Å². The van der Waals surface area contributed by atoms with Crippen molar-refractivity contribution in [2.75, 3.05) is 37.3 Å². The number of amides is 2. The van der Waals surface area contributed by atoms with Crippen LogP contribution in [0.3, 0.4) is 0 Å². The number of hydrogen-bond acceptors (Lipinski definition) is 10. The molecule has 6 rings (SSSR count). The number of sulfonamides is 1. The predicted molar refractivity (Wildman–Crippen MR) is 215 cm³/mol. The van der Waals surface area contributed by atoms with Crippen molar-refractivity contribution >= 4 is 68.4 Å². The average molecular weight is 832 g/mol. The number of esters is 2. The number of nitrogens with zero attached hydrogens (tertiary/aromatic N) is 1. The van der Waals surface area contributed by atoms with E-state index < -0.39 is 33.8 Å². The molecule has 1 aliphatic rings. The molecule has 3 N–H and O–H groups in total. The lowest BCUT2D eigenvalue weighted by atomic mass is 10.1. The summed E-state index contributed by atoms with van der Waals surface area (Å²) in [4.78, 5) is 52.6. The van der Waals surface area contributed by atoms with Crippen molar-refractivity contribution in [3.8, 4) is 16.9 Å². The second-order valence-corrected chi connectivity index (χ2v) is 15.5. The van der Waals surface area contributed by atoms with Gasteiger partial charge < -0.3 is 24.8 Å². The van der Waals surface area contributed by atoms with Crippen LogP contribution in [0.4, 0.5) is 11.4 Å². The van der Waals surface area contributed by atoms with Crippen molar-refractivity contribution in [2.24, 2.45) is 0 Å². The first kappa shape index (κ1) is 40.7. The van der Waals surface area contributed by atoms with E-state index in [9.17, 15) is 27.6 Å². The lowest BCUT2D eigenvalue weighted by Crippen LogP contribution is -2.53. The summed E-state index contributed by atoms with van der Waals surface area (Å²) in [5, 5.41) is 6.11. The number of methoxy groups -OCH3 is 2. The zero-order chi connectivity index (χ0) is 40.7. The molecule has 0 saturated carbocycles. The summed E-state index contributed by atoms with van der Waals surface area (Å²) < 4.78 is 45.1. The van der Waals surface area contributed by atoms with Gasteiger partial charge in [0.15, 0.2) is 0 Å². The molecule has 0 radical (unpaired) electrons. The predicted octanol–water partition coefficient (Wildman–Crippen LogP) is 6.55. The molecule has 16 heteroatoms. The molecule has 57 heavy (non-hydrogen) atoms. The van der Waals surface area contributed by atoms with Gasteiger partial charge in [0.25, 0.3) is 10.0 Å². The fraction of sp³-hybridized carbons (Fsp3) is 0.171. The number of benzene rings is 5. The molecule has 5 aromatic carbocycles. The fourth-order valence-corrected chi connectivity index (χ4v) is 7.27. The van der Waals surface area contributed by atoms with Crippen molar-refractivity contribution in [3.05, 3.63) is 141 Å². The third kappa shape index (κ3) is 10.3. The Hall–Kier alpha value is -5.93. The van der Waals surface area contributed by atoms with Gasteiger partial charge in [-0.2, -0.15) is 0 Å². The molecule has 0 aromatic heterocycles. The van der Waals surface area contributed by atoms with Crippen LogP contribution < -0.4 is 20.1 Å². The minimum absolute atomic E-state index is 0.00830. The van der Waals surface area contributed by atoms with Crippen LogP contribution in [0.1, 0.15) is 31.8 Å². The van der Waals surface area contributed by atoms with Crippen molar-refractivity contribution in [2.45, 2.75) is 24.1 Å². The molecule has 1 aliphatic heterocycles. The largest absolute Gasteiger partial charge is 0.488 e. The number of hydrogen-bond donors (Lipinski definition) is 3. The second-order valence-electron chi connectivity index (χ2n) is 12.9. The maximum atomic E-state index is 13.3. The molecule has 2 amide bonds. The second kappa shape index (κ2) is 17.9. The van der Waals surface area contributed by atoms with E-state index in [2.05, 4.69) is 15.4 Å². The monoisotopic (exact) mass is 830 g/mol. The summed E-state index contributed by atoms with van der Waals surface area (Å²) >= 11 is 11.9. The van der Waals surface area contributed by atoms with Gasteiger partial charge in [-0.3, -0.25) is 19.2 Å². The Morgan fingerprint density at radius 1 is 0.684 bits per heavy atom. The summed E-state index contributed by atoms with van der Waals surface area (Å²) in [6.45, 7) is 1.50. The van der Waals surface area contributed by atoms with Gasteiger partial charge in [0, 0.05) is 36.2 Å². The standard InChI is InChI=1S/C41H36Cl2N4O9S/c1-54-40(50)34-19-26(5-17-37(34)46-57(52,53)33-15-8-28(9-16-33)27-6-12-30(43)13-7-27)22-47-23-32(24-47)56-31-14-18-36(35(20-31)41(51)55-2)45-39(49)38(48)44-21-25-3-10-29(42)11-4-25/h3-20,32,46H,21-24H2,1-2H3,(H,44,48)(H,45,49).